The molecule has 0 unspecified atom stereocenters. The van der Waals surface area contributed by atoms with Gasteiger partial charge in [-0.15, -0.1) is 0 Å². The predicted molar refractivity (Wildman–Crippen MR) is 103 cm³/mol. The number of para-hydroxylation sites is 1. The summed E-state index contributed by atoms with van der Waals surface area (Å²) < 4.78 is 12.6. The lowest BCUT2D eigenvalue weighted by atomic mass is 10.2. The van der Waals surface area contributed by atoms with Crippen molar-refractivity contribution in [1.82, 2.24) is 19.4 Å². The van der Waals surface area contributed by atoms with Crippen molar-refractivity contribution >= 4 is 16.7 Å². The Morgan fingerprint density at radius 3 is 2.41 bits per heavy atom. The molecular formula is C21H18N4O2. The molecule has 4 rings (SSSR count). The second kappa shape index (κ2) is 6.61. The van der Waals surface area contributed by atoms with Crippen molar-refractivity contribution in [2.75, 3.05) is 14.2 Å². The zero-order valence-corrected chi connectivity index (χ0v) is 15.6. The van der Waals surface area contributed by atoms with E-state index in [1.54, 1.807) is 20.3 Å². The maximum Gasteiger partial charge on any atom is 0.215 e. The zero-order chi connectivity index (χ0) is 19.0. The van der Waals surface area contributed by atoms with Crippen LogP contribution in [-0.4, -0.2) is 33.6 Å². The largest absolute Gasteiger partial charge is 0.495 e. The first-order chi connectivity index (χ1) is 13.1. The molecule has 6 heteroatoms. The lowest BCUT2D eigenvalue weighted by molar-refractivity contribution is 0.399. The van der Waals surface area contributed by atoms with E-state index in [9.17, 15) is 0 Å². The third-order valence-corrected chi connectivity index (χ3v) is 4.35. The summed E-state index contributed by atoms with van der Waals surface area (Å²) in [6.45, 7) is 3.91. The third kappa shape index (κ3) is 2.83. The van der Waals surface area contributed by atoms with Gasteiger partial charge in [-0.3, -0.25) is 4.40 Å². The van der Waals surface area contributed by atoms with E-state index >= 15 is 0 Å². The summed E-state index contributed by atoms with van der Waals surface area (Å²) >= 11 is 0. The van der Waals surface area contributed by atoms with E-state index in [-0.39, 0.29) is 0 Å². The Morgan fingerprint density at radius 1 is 0.852 bits per heavy atom. The lowest BCUT2D eigenvalue weighted by Gasteiger charge is -2.07. The molecule has 4 aromatic rings. The topological polar surface area (TPSA) is 61.5 Å². The van der Waals surface area contributed by atoms with Gasteiger partial charge in [-0.05, 0) is 38.0 Å². The lowest BCUT2D eigenvalue weighted by Crippen LogP contribution is -2.01. The molecule has 0 bridgehead atoms. The Hall–Kier alpha value is -3.59. The molecule has 0 saturated heterocycles. The van der Waals surface area contributed by atoms with Crippen LogP contribution in [0.4, 0.5) is 0 Å². The van der Waals surface area contributed by atoms with Gasteiger partial charge in [-0.2, -0.15) is 4.98 Å². The number of hydrogen-bond acceptors (Lipinski definition) is 5. The summed E-state index contributed by atoms with van der Waals surface area (Å²) in [6.07, 6.45) is 0. The van der Waals surface area contributed by atoms with Crippen molar-refractivity contribution in [3.8, 4) is 23.5 Å². The third-order valence-electron chi connectivity index (χ3n) is 4.35. The molecule has 0 atom stereocenters. The fourth-order valence-electron chi connectivity index (χ4n) is 3.14. The van der Waals surface area contributed by atoms with Crippen LogP contribution in [0.3, 0.4) is 0 Å². The smallest absolute Gasteiger partial charge is 0.215 e. The summed E-state index contributed by atoms with van der Waals surface area (Å²) in [5.41, 5.74) is 4.88. The molecule has 0 amide bonds. The molecule has 6 nitrogen and oxygen atoms in total. The van der Waals surface area contributed by atoms with Crippen molar-refractivity contribution in [2.24, 2.45) is 0 Å². The Labute approximate surface area is 156 Å². The van der Waals surface area contributed by atoms with E-state index in [1.807, 2.05) is 48.6 Å². The van der Waals surface area contributed by atoms with Gasteiger partial charge in [0.2, 0.25) is 5.88 Å². The van der Waals surface area contributed by atoms with E-state index in [4.69, 9.17) is 9.47 Å². The number of methoxy groups -OCH3 is 2. The highest BCUT2D eigenvalue weighted by Crippen LogP contribution is 2.23. The van der Waals surface area contributed by atoms with Crippen molar-refractivity contribution in [3.63, 3.8) is 0 Å². The fourth-order valence-corrected chi connectivity index (χ4v) is 3.14. The quantitative estimate of drug-likeness (QED) is 0.515. The van der Waals surface area contributed by atoms with Crippen molar-refractivity contribution in [2.45, 2.75) is 13.8 Å². The van der Waals surface area contributed by atoms with Crippen LogP contribution in [0.25, 0.3) is 16.7 Å². The van der Waals surface area contributed by atoms with E-state index in [0.717, 1.165) is 33.7 Å². The Morgan fingerprint density at radius 2 is 1.63 bits per heavy atom. The SMILES string of the molecule is COc1ccc2nc(C)c3c(C)nc(C#Cc4ccccc4OC)n3c2n1. The number of aromatic nitrogens is 4. The molecule has 0 N–H and O–H groups in total. The van der Waals surface area contributed by atoms with Crippen LogP contribution in [0, 0.1) is 25.7 Å². The second-order valence-electron chi connectivity index (χ2n) is 6.05. The molecule has 134 valence electrons. The minimum Gasteiger partial charge on any atom is -0.495 e. The number of nitrogens with zero attached hydrogens (tertiary/aromatic N) is 4. The van der Waals surface area contributed by atoms with Crippen LogP contribution in [0.15, 0.2) is 36.4 Å². The zero-order valence-electron chi connectivity index (χ0n) is 15.6. The van der Waals surface area contributed by atoms with Gasteiger partial charge in [0.05, 0.1) is 36.7 Å². The van der Waals surface area contributed by atoms with Crippen LogP contribution < -0.4 is 9.47 Å². The first-order valence-electron chi connectivity index (χ1n) is 8.48. The number of aryl methyl sites for hydroxylation is 2. The highest BCUT2D eigenvalue weighted by atomic mass is 16.5. The van der Waals surface area contributed by atoms with E-state index in [1.165, 1.54) is 0 Å². The number of hydrogen-bond donors (Lipinski definition) is 0. The first kappa shape index (κ1) is 16.9. The summed E-state index contributed by atoms with van der Waals surface area (Å²) in [5, 5.41) is 0. The number of benzene rings is 1. The van der Waals surface area contributed by atoms with Crippen LogP contribution in [0.2, 0.25) is 0 Å². The number of rotatable bonds is 2. The van der Waals surface area contributed by atoms with E-state index in [2.05, 4.69) is 26.8 Å². The molecule has 0 aliphatic carbocycles. The van der Waals surface area contributed by atoms with Gasteiger partial charge in [0.25, 0.3) is 0 Å². The normalized spacial score (nSPS) is 10.7. The summed E-state index contributed by atoms with van der Waals surface area (Å²) in [7, 11) is 3.23. The number of imidazole rings is 1. The average Bonchev–Trinajstić information content (AvgIpc) is 3.03. The van der Waals surface area contributed by atoms with Crippen LogP contribution >= 0.6 is 0 Å². The highest BCUT2D eigenvalue weighted by Gasteiger charge is 2.15. The Balaban J connectivity index is 2.01. The van der Waals surface area contributed by atoms with E-state index in [0.29, 0.717) is 17.4 Å². The molecule has 3 heterocycles. The molecule has 0 spiro atoms. The van der Waals surface area contributed by atoms with Crippen molar-refractivity contribution in [3.05, 3.63) is 59.2 Å². The summed E-state index contributed by atoms with van der Waals surface area (Å²) in [5.74, 6) is 8.18. The van der Waals surface area contributed by atoms with Gasteiger partial charge in [0.15, 0.2) is 11.5 Å². The maximum absolute atomic E-state index is 5.38. The van der Waals surface area contributed by atoms with Crippen LogP contribution in [-0.2, 0) is 0 Å². The van der Waals surface area contributed by atoms with Crippen molar-refractivity contribution < 1.29 is 9.47 Å². The van der Waals surface area contributed by atoms with Gasteiger partial charge in [0.1, 0.15) is 11.3 Å². The van der Waals surface area contributed by atoms with Gasteiger partial charge < -0.3 is 9.47 Å². The molecule has 0 radical (unpaired) electrons. The van der Waals surface area contributed by atoms with E-state index < -0.39 is 0 Å². The average molecular weight is 358 g/mol. The molecule has 0 fully saturated rings. The monoisotopic (exact) mass is 358 g/mol. The molecule has 3 aromatic heterocycles. The summed E-state index contributed by atoms with van der Waals surface area (Å²) in [6, 6.07) is 11.3. The van der Waals surface area contributed by atoms with Crippen molar-refractivity contribution in [1.29, 1.82) is 0 Å². The predicted octanol–water partition coefficient (Wildman–Crippen LogP) is 3.31. The van der Waals surface area contributed by atoms with Crippen LogP contribution in [0.5, 0.6) is 11.6 Å². The van der Waals surface area contributed by atoms with Gasteiger partial charge in [0, 0.05) is 6.07 Å². The molecule has 1 aromatic carbocycles. The fraction of sp³-hybridized carbons (Fsp3) is 0.190. The summed E-state index contributed by atoms with van der Waals surface area (Å²) in [4.78, 5) is 13.9. The minimum atomic E-state index is 0.518. The number of pyridine rings is 1. The first-order valence-corrected chi connectivity index (χ1v) is 8.48. The standard InChI is InChI=1S/C21H18N4O2/c1-13-20-14(2)23-18(11-9-15-7-5-6-8-17(15)26-3)25(20)21-16(22-13)10-12-19(24-21)27-4/h5-8,10,12H,1-4H3. The molecular weight excluding hydrogens is 340 g/mol. The molecule has 0 aliphatic heterocycles. The van der Waals surface area contributed by atoms with Gasteiger partial charge >= 0.3 is 0 Å². The number of ether oxygens (including phenoxy) is 2. The Bertz CT molecular complexity index is 1230. The molecule has 0 saturated carbocycles. The second-order valence-corrected chi connectivity index (χ2v) is 6.05. The Kier molecular flexibility index (Phi) is 4.13. The van der Waals surface area contributed by atoms with Gasteiger partial charge in [-0.1, -0.05) is 18.1 Å². The molecule has 0 aliphatic rings. The number of fused-ring (bicyclic) bond motifs is 3. The van der Waals surface area contributed by atoms with Crippen LogP contribution in [0.1, 0.15) is 22.8 Å². The minimum absolute atomic E-state index is 0.518. The molecule has 27 heavy (non-hydrogen) atoms. The van der Waals surface area contributed by atoms with Gasteiger partial charge in [-0.25, -0.2) is 9.97 Å². The maximum atomic E-state index is 5.38. The highest BCUT2D eigenvalue weighted by molar-refractivity contribution is 5.78.